The number of aromatic nitrogens is 3. The van der Waals surface area contributed by atoms with Crippen LogP contribution in [0.25, 0.3) is 11.2 Å². The van der Waals surface area contributed by atoms with E-state index in [0.717, 1.165) is 17.0 Å². The van der Waals surface area contributed by atoms with E-state index in [4.69, 9.17) is 4.98 Å². The maximum absolute atomic E-state index is 4.75. The number of likely N-dealkylation sites (tertiary alicyclic amines) is 1. The Labute approximate surface area is 101 Å². The number of piperidine rings is 1. The van der Waals surface area contributed by atoms with E-state index < -0.39 is 0 Å². The van der Waals surface area contributed by atoms with Crippen LogP contribution < -0.4 is 0 Å². The third-order valence-electron chi connectivity index (χ3n) is 3.73. The summed E-state index contributed by atoms with van der Waals surface area (Å²) < 4.78 is 2.14. The lowest BCUT2D eigenvalue weighted by Crippen LogP contribution is -2.31. The molecule has 3 heterocycles. The number of fused-ring (bicyclic) bond motifs is 1. The molecule has 3 rings (SSSR count). The molecule has 1 unspecified atom stereocenters. The number of imidazole rings is 1. The van der Waals surface area contributed by atoms with Crippen LogP contribution in [0.15, 0.2) is 18.3 Å². The fourth-order valence-corrected chi connectivity index (χ4v) is 2.74. The fourth-order valence-electron chi connectivity index (χ4n) is 2.74. The summed E-state index contributed by atoms with van der Waals surface area (Å²) in [4.78, 5) is 11.6. The van der Waals surface area contributed by atoms with Crippen molar-refractivity contribution in [2.24, 2.45) is 7.05 Å². The molecule has 0 aliphatic carbocycles. The summed E-state index contributed by atoms with van der Waals surface area (Å²) in [5.41, 5.74) is 1.99. The Morgan fingerprint density at radius 1 is 1.29 bits per heavy atom. The number of rotatable bonds is 1. The van der Waals surface area contributed by atoms with Crippen molar-refractivity contribution in [3.8, 4) is 0 Å². The molecule has 0 N–H and O–H groups in total. The van der Waals surface area contributed by atoms with E-state index >= 15 is 0 Å². The largest absolute Gasteiger partial charge is 0.315 e. The first-order valence-electron chi connectivity index (χ1n) is 6.25. The van der Waals surface area contributed by atoms with Crippen LogP contribution in [0, 0.1) is 0 Å². The molecule has 4 nitrogen and oxygen atoms in total. The van der Waals surface area contributed by atoms with Crippen molar-refractivity contribution in [2.75, 3.05) is 13.6 Å². The Morgan fingerprint density at radius 3 is 2.94 bits per heavy atom. The van der Waals surface area contributed by atoms with Crippen molar-refractivity contribution in [1.29, 1.82) is 0 Å². The lowest BCUT2D eigenvalue weighted by Gasteiger charge is -2.31. The van der Waals surface area contributed by atoms with Crippen LogP contribution in [0.2, 0.25) is 0 Å². The normalized spacial score (nSPS) is 22.1. The lowest BCUT2D eigenvalue weighted by atomic mass is 10.0. The Balaban J connectivity index is 2.07. The molecule has 0 amide bonds. The van der Waals surface area contributed by atoms with E-state index in [-0.39, 0.29) is 0 Å². The molecule has 0 radical (unpaired) electrons. The second-order valence-electron chi connectivity index (χ2n) is 4.87. The summed E-state index contributed by atoms with van der Waals surface area (Å²) in [6.07, 6.45) is 5.63. The first-order chi connectivity index (χ1) is 8.27. The van der Waals surface area contributed by atoms with Crippen LogP contribution in [0.5, 0.6) is 0 Å². The predicted octanol–water partition coefficient (Wildman–Crippen LogP) is 2.13. The maximum atomic E-state index is 4.75. The third-order valence-corrected chi connectivity index (χ3v) is 3.73. The summed E-state index contributed by atoms with van der Waals surface area (Å²) in [5.74, 6) is 1.15. The van der Waals surface area contributed by atoms with Crippen LogP contribution in [-0.4, -0.2) is 33.0 Å². The van der Waals surface area contributed by atoms with Gasteiger partial charge < -0.3 is 4.57 Å². The zero-order valence-corrected chi connectivity index (χ0v) is 10.4. The van der Waals surface area contributed by atoms with Crippen molar-refractivity contribution in [2.45, 2.75) is 25.3 Å². The zero-order valence-electron chi connectivity index (χ0n) is 10.4. The molecule has 90 valence electrons. The average molecular weight is 230 g/mol. The molecule has 0 spiro atoms. The predicted molar refractivity (Wildman–Crippen MR) is 67.7 cm³/mol. The Bertz CT molecular complexity index is 531. The first-order valence-corrected chi connectivity index (χ1v) is 6.25. The zero-order chi connectivity index (χ0) is 11.8. The molecular weight excluding hydrogens is 212 g/mol. The van der Waals surface area contributed by atoms with Crippen LogP contribution in [0.3, 0.4) is 0 Å². The van der Waals surface area contributed by atoms with Crippen LogP contribution in [-0.2, 0) is 7.05 Å². The van der Waals surface area contributed by atoms with Crippen molar-refractivity contribution in [3.63, 3.8) is 0 Å². The minimum absolute atomic E-state index is 0.447. The van der Waals surface area contributed by atoms with Gasteiger partial charge in [-0.25, -0.2) is 9.97 Å². The fraction of sp³-hybridized carbons (Fsp3) is 0.538. The second-order valence-corrected chi connectivity index (χ2v) is 4.87. The molecule has 2 aromatic rings. The molecule has 1 aliphatic rings. The van der Waals surface area contributed by atoms with Gasteiger partial charge in [-0.1, -0.05) is 6.42 Å². The van der Waals surface area contributed by atoms with Crippen molar-refractivity contribution < 1.29 is 0 Å². The molecule has 4 heteroatoms. The van der Waals surface area contributed by atoms with Gasteiger partial charge in [0.25, 0.3) is 0 Å². The summed E-state index contributed by atoms with van der Waals surface area (Å²) in [6, 6.07) is 4.43. The first kappa shape index (κ1) is 10.7. The second kappa shape index (κ2) is 4.11. The van der Waals surface area contributed by atoms with Crippen LogP contribution in [0.1, 0.15) is 31.1 Å². The molecule has 2 aromatic heterocycles. The minimum atomic E-state index is 0.447. The number of nitrogens with zero attached hydrogens (tertiary/aromatic N) is 4. The van der Waals surface area contributed by atoms with Gasteiger partial charge in [-0.3, -0.25) is 4.90 Å². The Hall–Kier alpha value is -1.42. The van der Waals surface area contributed by atoms with Crippen LogP contribution >= 0.6 is 0 Å². The summed E-state index contributed by atoms with van der Waals surface area (Å²) in [6.45, 7) is 1.17. The van der Waals surface area contributed by atoms with Gasteiger partial charge in [0, 0.05) is 13.2 Å². The highest BCUT2D eigenvalue weighted by Crippen LogP contribution is 2.29. The summed E-state index contributed by atoms with van der Waals surface area (Å²) in [7, 11) is 4.26. The number of hydrogen-bond acceptors (Lipinski definition) is 3. The molecule has 0 aromatic carbocycles. The monoisotopic (exact) mass is 230 g/mol. The van der Waals surface area contributed by atoms with Crippen molar-refractivity contribution >= 4 is 11.2 Å². The quantitative estimate of drug-likeness (QED) is 0.752. The van der Waals surface area contributed by atoms with Crippen molar-refractivity contribution in [1.82, 2.24) is 19.4 Å². The highest BCUT2D eigenvalue weighted by molar-refractivity contribution is 5.71. The molecule has 17 heavy (non-hydrogen) atoms. The van der Waals surface area contributed by atoms with E-state index in [2.05, 4.69) is 28.5 Å². The smallest absolute Gasteiger partial charge is 0.159 e. The number of pyridine rings is 1. The van der Waals surface area contributed by atoms with E-state index in [1.165, 1.54) is 25.8 Å². The Kier molecular flexibility index (Phi) is 2.59. The van der Waals surface area contributed by atoms with Crippen LogP contribution in [0.4, 0.5) is 0 Å². The highest BCUT2D eigenvalue weighted by Gasteiger charge is 2.25. The molecule has 0 bridgehead atoms. The standard InChI is InChI=1S/C13H18N4/c1-16-9-4-3-7-11(16)13-15-10-6-5-8-14-12(10)17(13)2/h5-6,8,11H,3-4,7,9H2,1-2H3. The lowest BCUT2D eigenvalue weighted by molar-refractivity contribution is 0.177. The van der Waals surface area contributed by atoms with Gasteiger partial charge in [0.15, 0.2) is 5.65 Å². The van der Waals surface area contributed by atoms with Gasteiger partial charge in [0.2, 0.25) is 0 Å². The number of aryl methyl sites for hydroxylation is 1. The van der Waals surface area contributed by atoms with Gasteiger partial charge in [-0.15, -0.1) is 0 Å². The molecule has 0 saturated carbocycles. The van der Waals surface area contributed by atoms with E-state index in [1.54, 1.807) is 0 Å². The van der Waals surface area contributed by atoms with E-state index in [1.807, 2.05) is 18.3 Å². The van der Waals surface area contributed by atoms with Gasteiger partial charge in [-0.2, -0.15) is 0 Å². The highest BCUT2D eigenvalue weighted by atomic mass is 15.2. The van der Waals surface area contributed by atoms with Gasteiger partial charge in [0.05, 0.1) is 6.04 Å². The molecule has 1 fully saturated rings. The minimum Gasteiger partial charge on any atom is -0.315 e. The van der Waals surface area contributed by atoms with Gasteiger partial charge in [-0.05, 0) is 38.6 Å². The summed E-state index contributed by atoms with van der Waals surface area (Å²) in [5, 5.41) is 0. The van der Waals surface area contributed by atoms with Gasteiger partial charge in [0.1, 0.15) is 11.3 Å². The average Bonchev–Trinajstić information content (AvgIpc) is 2.68. The van der Waals surface area contributed by atoms with E-state index in [0.29, 0.717) is 6.04 Å². The van der Waals surface area contributed by atoms with Crippen molar-refractivity contribution in [3.05, 3.63) is 24.2 Å². The van der Waals surface area contributed by atoms with E-state index in [9.17, 15) is 0 Å². The third kappa shape index (κ3) is 1.72. The molecular formula is C13H18N4. The Morgan fingerprint density at radius 2 is 2.18 bits per heavy atom. The molecule has 1 saturated heterocycles. The number of hydrogen-bond donors (Lipinski definition) is 0. The summed E-state index contributed by atoms with van der Waals surface area (Å²) >= 11 is 0. The maximum Gasteiger partial charge on any atom is 0.159 e. The van der Waals surface area contributed by atoms with Gasteiger partial charge >= 0.3 is 0 Å². The molecule has 1 atom stereocenters. The molecule has 1 aliphatic heterocycles. The SMILES string of the molecule is CN1CCCCC1c1nc2cccnc2n1C. The topological polar surface area (TPSA) is 34.0 Å².